The number of carbonyl (C=O) groups is 1. The largest absolute Gasteiger partial charge is 0.355 e. The van der Waals surface area contributed by atoms with Crippen molar-refractivity contribution in [2.24, 2.45) is 16.8 Å². The number of carbonyl (C=O) groups excluding carboxylic acids is 1. The summed E-state index contributed by atoms with van der Waals surface area (Å²) >= 11 is 0. The molecule has 1 unspecified atom stereocenters. The van der Waals surface area contributed by atoms with Crippen molar-refractivity contribution in [1.29, 1.82) is 0 Å². The van der Waals surface area contributed by atoms with E-state index in [4.69, 9.17) is 0 Å². The molecule has 2 fully saturated rings. The lowest BCUT2D eigenvalue weighted by Gasteiger charge is -2.30. The molecule has 0 saturated carbocycles. The van der Waals surface area contributed by atoms with Crippen LogP contribution in [0.4, 0.5) is 0 Å². The Hall–Kier alpha value is -0.570. The van der Waals surface area contributed by atoms with Gasteiger partial charge in [-0.25, -0.2) is 0 Å². The van der Waals surface area contributed by atoms with Gasteiger partial charge in [0.25, 0.3) is 0 Å². The number of piperidine rings is 1. The molecule has 2 N–H and O–H groups in total. The van der Waals surface area contributed by atoms with Gasteiger partial charge in [0.15, 0.2) is 5.96 Å². The summed E-state index contributed by atoms with van der Waals surface area (Å²) in [6, 6.07) is 0.301. The highest BCUT2D eigenvalue weighted by Crippen LogP contribution is 2.15. The standard InChI is InChI=1S/C18H35N5O.HI/c1-14(2)17(24)23-11-7-16(13-23)21-18(19-4)20-8-12-22-9-5-15(3)6-10-22;/h14-16H,5-13H2,1-4H3,(H2,19,20,21);1H. The van der Waals surface area contributed by atoms with E-state index in [-0.39, 0.29) is 35.8 Å². The van der Waals surface area contributed by atoms with Crippen LogP contribution >= 0.6 is 24.0 Å². The number of rotatable bonds is 5. The fourth-order valence-corrected chi connectivity index (χ4v) is 3.45. The summed E-state index contributed by atoms with van der Waals surface area (Å²) in [4.78, 5) is 20.9. The maximum atomic E-state index is 12.1. The first kappa shape index (κ1) is 22.5. The van der Waals surface area contributed by atoms with Crippen LogP contribution in [0.5, 0.6) is 0 Å². The van der Waals surface area contributed by atoms with E-state index in [1.807, 2.05) is 25.8 Å². The van der Waals surface area contributed by atoms with Gasteiger partial charge in [-0.15, -0.1) is 24.0 Å². The Labute approximate surface area is 170 Å². The predicted octanol–water partition coefficient (Wildman–Crippen LogP) is 1.76. The fraction of sp³-hybridized carbons (Fsp3) is 0.889. The second kappa shape index (κ2) is 11.2. The van der Waals surface area contributed by atoms with Gasteiger partial charge < -0.3 is 20.4 Å². The summed E-state index contributed by atoms with van der Waals surface area (Å²) < 4.78 is 0. The van der Waals surface area contributed by atoms with Crippen LogP contribution in [0.3, 0.4) is 0 Å². The van der Waals surface area contributed by atoms with Crippen molar-refractivity contribution < 1.29 is 4.79 Å². The molecule has 2 aliphatic heterocycles. The molecule has 2 saturated heterocycles. The van der Waals surface area contributed by atoms with Crippen LogP contribution in [0.25, 0.3) is 0 Å². The minimum atomic E-state index is 0. The van der Waals surface area contributed by atoms with E-state index in [0.29, 0.717) is 6.04 Å². The molecule has 0 aromatic carbocycles. The van der Waals surface area contributed by atoms with Crippen molar-refractivity contribution in [3.63, 3.8) is 0 Å². The molecule has 6 nitrogen and oxygen atoms in total. The summed E-state index contributed by atoms with van der Waals surface area (Å²) in [5.74, 6) is 2.06. The second-order valence-corrected chi connectivity index (χ2v) is 7.59. The van der Waals surface area contributed by atoms with Gasteiger partial charge in [0.2, 0.25) is 5.91 Å². The lowest BCUT2D eigenvalue weighted by Crippen LogP contribution is -2.47. The molecule has 146 valence electrons. The highest BCUT2D eigenvalue weighted by Gasteiger charge is 2.27. The number of nitrogens with zero attached hydrogens (tertiary/aromatic N) is 3. The van der Waals surface area contributed by atoms with Gasteiger partial charge >= 0.3 is 0 Å². The Morgan fingerprint density at radius 3 is 2.48 bits per heavy atom. The molecule has 25 heavy (non-hydrogen) atoms. The monoisotopic (exact) mass is 465 g/mol. The van der Waals surface area contributed by atoms with Gasteiger partial charge in [0.1, 0.15) is 0 Å². The number of guanidine groups is 1. The van der Waals surface area contributed by atoms with E-state index in [0.717, 1.165) is 44.5 Å². The van der Waals surface area contributed by atoms with Crippen molar-refractivity contribution in [2.45, 2.75) is 46.1 Å². The third-order valence-corrected chi connectivity index (χ3v) is 5.16. The van der Waals surface area contributed by atoms with Crippen LogP contribution in [0.1, 0.15) is 40.0 Å². The lowest BCUT2D eigenvalue weighted by molar-refractivity contribution is -0.133. The number of halogens is 1. The average molecular weight is 465 g/mol. The molecule has 0 spiro atoms. The second-order valence-electron chi connectivity index (χ2n) is 7.59. The number of hydrogen-bond acceptors (Lipinski definition) is 3. The first-order valence-electron chi connectivity index (χ1n) is 9.48. The molecule has 1 amide bonds. The Bertz CT molecular complexity index is 435. The molecule has 0 bridgehead atoms. The quantitative estimate of drug-likeness (QED) is 0.369. The molecule has 2 aliphatic rings. The Morgan fingerprint density at radius 2 is 1.88 bits per heavy atom. The summed E-state index contributed by atoms with van der Waals surface area (Å²) in [5.41, 5.74) is 0. The summed E-state index contributed by atoms with van der Waals surface area (Å²) in [6.45, 7) is 12.3. The minimum Gasteiger partial charge on any atom is -0.355 e. The van der Waals surface area contributed by atoms with Crippen molar-refractivity contribution in [2.75, 3.05) is 46.3 Å². The number of amides is 1. The maximum Gasteiger partial charge on any atom is 0.225 e. The van der Waals surface area contributed by atoms with Crippen molar-refractivity contribution in [3.05, 3.63) is 0 Å². The number of likely N-dealkylation sites (tertiary alicyclic amines) is 2. The van der Waals surface area contributed by atoms with Gasteiger partial charge in [-0.2, -0.15) is 0 Å². The van der Waals surface area contributed by atoms with Gasteiger partial charge in [-0.3, -0.25) is 9.79 Å². The average Bonchev–Trinajstić information content (AvgIpc) is 3.03. The topological polar surface area (TPSA) is 60.0 Å². The lowest BCUT2D eigenvalue weighted by atomic mass is 9.99. The van der Waals surface area contributed by atoms with Gasteiger partial charge in [0.05, 0.1) is 0 Å². The zero-order valence-corrected chi connectivity index (χ0v) is 18.6. The number of aliphatic imine (C=N–C) groups is 1. The predicted molar refractivity (Wildman–Crippen MR) is 115 cm³/mol. The first-order chi connectivity index (χ1) is 11.5. The smallest absolute Gasteiger partial charge is 0.225 e. The van der Waals surface area contributed by atoms with Gasteiger partial charge in [-0.05, 0) is 38.3 Å². The summed E-state index contributed by atoms with van der Waals surface area (Å²) in [6.07, 6.45) is 3.62. The molecule has 0 aromatic heterocycles. The number of hydrogen-bond donors (Lipinski definition) is 2. The van der Waals surface area contributed by atoms with Crippen LogP contribution in [-0.4, -0.2) is 74.0 Å². The van der Waals surface area contributed by atoms with E-state index in [1.54, 1.807) is 0 Å². The molecule has 2 heterocycles. The first-order valence-corrected chi connectivity index (χ1v) is 9.48. The van der Waals surface area contributed by atoms with E-state index in [9.17, 15) is 4.79 Å². The molecular formula is C18H36IN5O. The highest BCUT2D eigenvalue weighted by molar-refractivity contribution is 14.0. The van der Waals surface area contributed by atoms with Crippen LogP contribution in [0, 0.1) is 11.8 Å². The van der Waals surface area contributed by atoms with Crippen molar-refractivity contribution in [3.8, 4) is 0 Å². The normalized spacial score (nSPS) is 22.8. The van der Waals surface area contributed by atoms with E-state index in [2.05, 4.69) is 27.4 Å². The minimum absolute atomic E-state index is 0. The van der Waals surface area contributed by atoms with Crippen molar-refractivity contribution >= 4 is 35.8 Å². The highest BCUT2D eigenvalue weighted by atomic mass is 127. The Balaban J connectivity index is 0.00000312. The molecule has 7 heteroatoms. The molecule has 0 radical (unpaired) electrons. The molecular weight excluding hydrogens is 429 g/mol. The van der Waals surface area contributed by atoms with E-state index >= 15 is 0 Å². The van der Waals surface area contributed by atoms with Crippen LogP contribution in [-0.2, 0) is 4.79 Å². The third-order valence-electron chi connectivity index (χ3n) is 5.16. The maximum absolute atomic E-state index is 12.1. The van der Waals surface area contributed by atoms with Gasteiger partial charge in [0, 0.05) is 45.2 Å². The molecule has 1 atom stereocenters. The van der Waals surface area contributed by atoms with E-state index in [1.165, 1.54) is 25.9 Å². The van der Waals surface area contributed by atoms with Crippen LogP contribution in [0.2, 0.25) is 0 Å². The van der Waals surface area contributed by atoms with Crippen LogP contribution < -0.4 is 10.6 Å². The molecule has 2 rings (SSSR count). The van der Waals surface area contributed by atoms with Crippen LogP contribution in [0.15, 0.2) is 4.99 Å². The van der Waals surface area contributed by atoms with Gasteiger partial charge in [-0.1, -0.05) is 20.8 Å². The fourth-order valence-electron chi connectivity index (χ4n) is 3.45. The number of nitrogens with one attached hydrogen (secondary N) is 2. The third kappa shape index (κ3) is 7.29. The Morgan fingerprint density at radius 1 is 1.20 bits per heavy atom. The SMILES string of the molecule is CN=C(NCCN1CCC(C)CC1)NC1CCN(C(=O)C(C)C)C1.I. The molecule has 0 aromatic rings. The summed E-state index contributed by atoms with van der Waals surface area (Å²) in [5, 5.41) is 6.88. The summed E-state index contributed by atoms with van der Waals surface area (Å²) in [7, 11) is 1.81. The van der Waals surface area contributed by atoms with E-state index < -0.39 is 0 Å². The zero-order chi connectivity index (χ0) is 17.5. The zero-order valence-electron chi connectivity index (χ0n) is 16.3. The van der Waals surface area contributed by atoms with Crippen molar-refractivity contribution in [1.82, 2.24) is 20.4 Å². The Kier molecular flexibility index (Phi) is 10.1. The molecule has 0 aliphatic carbocycles.